The molecule has 4 aliphatic carbocycles. The van der Waals surface area contributed by atoms with Crippen LogP contribution in [0.15, 0.2) is 24.3 Å². The van der Waals surface area contributed by atoms with Crippen molar-refractivity contribution in [3.8, 4) is 5.75 Å². The molecule has 1 aromatic carbocycles. The number of unbranched alkanes of at least 4 members (excludes halogenated alkanes) is 3. The Morgan fingerprint density at radius 1 is 0.971 bits per heavy atom. The van der Waals surface area contributed by atoms with Crippen molar-refractivity contribution >= 4 is 17.5 Å². The van der Waals surface area contributed by atoms with Crippen LogP contribution in [0.3, 0.4) is 0 Å². The van der Waals surface area contributed by atoms with Gasteiger partial charge in [0.15, 0.2) is 0 Å². The normalized spacial score (nSPS) is 28.1. The summed E-state index contributed by atoms with van der Waals surface area (Å²) in [5.41, 5.74) is 1.87. The Bertz CT molecular complexity index is 733. The smallest absolute Gasteiger partial charge is 0.217 e. The average Bonchev–Trinajstić information content (AvgIpc) is 2.81. The van der Waals surface area contributed by atoms with Crippen molar-refractivity contribution in [2.45, 2.75) is 82.8 Å². The highest BCUT2D eigenvalue weighted by Crippen LogP contribution is 2.60. The molecule has 4 fully saturated rings. The molecular formula is C28H42ClNO4. The molecule has 5 nitrogen and oxygen atoms in total. The minimum Gasteiger partial charge on any atom is -0.463 e. The molecule has 34 heavy (non-hydrogen) atoms. The van der Waals surface area contributed by atoms with Crippen LogP contribution >= 0.6 is 11.6 Å². The Labute approximate surface area is 210 Å². The van der Waals surface area contributed by atoms with Gasteiger partial charge >= 0.3 is 0 Å². The number of hydrogen-bond acceptors (Lipinski definition) is 4. The van der Waals surface area contributed by atoms with Gasteiger partial charge in [0.25, 0.3) is 0 Å². The highest BCUT2D eigenvalue weighted by Gasteiger charge is 2.51. The second-order valence-corrected chi connectivity index (χ2v) is 11.2. The SMILES string of the molecule is CC(=O)NCC(OCCOCCCCCCCl)Oc1ccc(C23CC4CC(CC(C4)C2)C3)cc1. The molecule has 4 saturated carbocycles. The quantitative estimate of drug-likeness (QED) is 0.190. The summed E-state index contributed by atoms with van der Waals surface area (Å²) in [7, 11) is 0. The Morgan fingerprint density at radius 3 is 2.24 bits per heavy atom. The standard InChI is InChI=1S/C28H42ClNO4/c1-21(31)30-20-27(33-13-12-32-11-5-3-2-4-10-29)34-26-8-6-25(7-9-26)28-17-22-14-23(18-28)16-24(15-22)19-28/h6-9,22-24,27H,2-5,10-20H2,1H3,(H,30,31). The van der Waals surface area contributed by atoms with Crippen molar-refractivity contribution in [1.82, 2.24) is 5.32 Å². The third-order valence-electron chi connectivity index (χ3n) is 7.99. The summed E-state index contributed by atoms with van der Waals surface area (Å²) in [6.07, 6.45) is 12.3. The summed E-state index contributed by atoms with van der Waals surface area (Å²) >= 11 is 5.70. The fourth-order valence-electron chi connectivity index (χ4n) is 6.86. The van der Waals surface area contributed by atoms with Crippen molar-refractivity contribution in [1.29, 1.82) is 0 Å². The number of benzene rings is 1. The predicted octanol–water partition coefficient (Wildman–Crippen LogP) is 5.83. The second-order valence-electron chi connectivity index (χ2n) is 10.8. The second kappa shape index (κ2) is 12.6. The average molecular weight is 492 g/mol. The number of halogens is 1. The van der Waals surface area contributed by atoms with Gasteiger partial charge in [-0.3, -0.25) is 4.79 Å². The molecule has 0 aliphatic heterocycles. The monoisotopic (exact) mass is 491 g/mol. The maximum absolute atomic E-state index is 11.4. The van der Waals surface area contributed by atoms with E-state index in [4.69, 9.17) is 25.8 Å². The van der Waals surface area contributed by atoms with Crippen LogP contribution in [0.2, 0.25) is 0 Å². The van der Waals surface area contributed by atoms with E-state index >= 15 is 0 Å². The number of carbonyl (C=O) groups excluding carboxylic acids is 1. The number of hydrogen-bond donors (Lipinski definition) is 1. The number of rotatable bonds is 15. The molecule has 0 saturated heterocycles. The lowest BCUT2D eigenvalue weighted by Crippen LogP contribution is -2.48. The van der Waals surface area contributed by atoms with E-state index in [2.05, 4.69) is 29.6 Å². The minimum atomic E-state index is -0.540. The summed E-state index contributed by atoms with van der Waals surface area (Å²) in [6, 6.07) is 8.70. The highest BCUT2D eigenvalue weighted by molar-refractivity contribution is 6.17. The summed E-state index contributed by atoms with van der Waals surface area (Å²) in [5, 5.41) is 2.81. The maximum Gasteiger partial charge on any atom is 0.217 e. The molecule has 1 N–H and O–H groups in total. The van der Waals surface area contributed by atoms with Crippen LogP contribution in [0, 0.1) is 17.8 Å². The Hall–Kier alpha value is -1.30. The van der Waals surface area contributed by atoms with Crippen LogP contribution < -0.4 is 10.1 Å². The van der Waals surface area contributed by atoms with E-state index in [1.165, 1.54) is 51.0 Å². The number of carbonyl (C=O) groups is 1. The van der Waals surface area contributed by atoms with Crippen LogP contribution in [-0.4, -0.2) is 44.4 Å². The van der Waals surface area contributed by atoms with E-state index in [0.717, 1.165) is 61.7 Å². The lowest BCUT2D eigenvalue weighted by molar-refractivity contribution is -0.124. The zero-order valence-electron chi connectivity index (χ0n) is 20.7. The molecule has 0 aromatic heterocycles. The van der Waals surface area contributed by atoms with Gasteiger partial charge in [-0.25, -0.2) is 0 Å². The molecule has 190 valence electrons. The van der Waals surface area contributed by atoms with E-state index in [1.807, 2.05) is 0 Å². The van der Waals surface area contributed by atoms with E-state index in [-0.39, 0.29) is 5.91 Å². The van der Waals surface area contributed by atoms with Gasteiger partial charge < -0.3 is 19.5 Å². The van der Waals surface area contributed by atoms with Crippen LogP contribution in [0.5, 0.6) is 5.75 Å². The third kappa shape index (κ3) is 7.11. The van der Waals surface area contributed by atoms with Gasteiger partial charge in [-0.2, -0.15) is 0 Å². The number of amides is 1. The summed E-state index contributed by atoms with van der Waals surface area (Å²) in [6.45, 7) is 3.49. The van der Waals surface area contributed by atoms with Gasteiger partial charge in [0.2, 0.25) is 12.2 Å². The molecular weight excluding hydrogens is 450 g/mol. The molecule has 1 aromatic rings. The van der Waals surface area contributed by atoms with Crippen molar-refractivity contribution in [2.75, 3.05) is 32.2 Å². The fourth-order valence-corrected chi connectivity index (χ4v) is 7.05. The third-order valence-corrected chi connectivity index (χ3v) is 8.26. The summed E-state index contributed by atoms with van der Waals surface area (Å²) < 4.78 is 17.7. The maximum atomic E-state index is 11.4. The zero-order chi connectivity index (χ0) is 23.8. The fraction of sp³-hybridized carbons (Fsp3) is 0.750. The number of ether oxygens (including phenoxy) is 3. The van der Waals surface area contributed by atoms with Crippen LogP contribution in [0.25, 0.3) is 0 Å². The Morgan fingerprint density at radius 2 is 1.62 bits per heavy atom. The summed E-state index contributed by atoms with van der Waals surface area (Å²) in [5.74, 6) is 4.23. The van der Waals surface area contributed by atoms with Gasteiger partial charge in [-0.15, -0.1) is 11.6 Å². The molecule has 6 heteroatoms. The van der Waals surface area contributed by atoms with Crippen molar-refractivity contribution in [3.63, 3.8) is 0 Å². The van der Waals surface area contributed by atoms with Crippen LogP contribution in [0.4, 0.5) is 0 Å². The van der Waals surface area contributed by atoms with Gasteiger partial charge in [0.05, 0.1) is 19.8 Å². The largest absolute Gasteiger partial charge is 0.463 e. The molecule has 5 rings (SSSR count). The lowest BCUT2D eigenvalue weighted by atomic mass is 9.48. The van der Waals surface area contributed by atoms with Crippen LogP contribution in [0.1, 0.15) is 76.7 Å². The molecule has 4 aliphatic rings. The van der Waals surface area contributed by atoms with E-state index in [1.54, 1.807) is 0 Å². The highest BCUT2D eigenvalue weighted by atomic mass is 35.5. The first-order valence-electron chi connectivity index (χ1n) is 13.3. The van der Waals surface area contributed by atoms with Gasteiger partial charge in [0.1, 0.15) is 5.75 Å². The molecule has 0 radical (unpaired) electrons. The first-order chi connectivity index (χ1) is 16.6. The zero-order valence-corrected chi connectivity index (χ0v) is 21.5. The van der Waals surface area contributed by atoms with Crippen molar-refractivity contribution < 1.29 is 19.0 Å². The van der Waals surface area contributed by atoms with Gasteiger partial charge in [-0.05, 0) is 92.2 Å². The Balaban J connectivity index is 1.24. The molecule has 0 spiro atoms. The first-order valence-corrected chi connectivity index (χ1v) is 13.9. The topological polar surface area (TPSA) is 56.8 Å². The van der Waals surface area contributed by atoms with Gasteiger partial charge in [-0.1, -0.05) is 25.0 Å². The minimum absolute atomic E-state index is 0.0949. The molecule has 1 atom stereocenters. The van der Waals surface area contributed by atoms with Crippen LogP contribution in [-0.2, 0) is 19.7 Å². The van der Waals surface area contributed by atoms with Gasteiger partial charge in [0, 0.05) is 19.4 Å². The van der Waals surface area contributed by atoms with E-state index in [0.29, 0.717) is 25.2 Å². The van der Waals surface area contributed by atoms with E-state index < -0.39 is 6.29 Å². The molecule has 1 unspecified atom stereocenters. The Kier molecular flexibility index (Phi) is 9.55. The summed E-state index contributed by atoms with van der Waals surface area (Å²) in [4.78, 5) is 11.4. The molecule has 4 bridgehead atoms. The number of nitrogens with one attached hydrogen (secondary N) is 1. The molecule has 0 heterocycles. The van der Waals surface area contributed by atoms with Crippen molar-refractivity contribution in [3.05, 3.63) is 29.8 Å². The predicted molar refractivity (Wildman–Crippen MR) is 135 cm³/mol. The molecule has 1 amide bonds. The van der Waals surface area contributed by atoms with E-state index in [9.17, 15) is 4.79 Å². The lowest BCUT2D eigenvalue weighted by Gasteiger charge is -2.57. The van der Waals surface area contributed by atoms with Crippen molar-refractivity contribution in [2.24, 2.45) is 17.8 Å². The first kappa shape index (κ1) is 25.8. The number of alkyl halides is 1.